The topological polar surface area (TPSA) is 59.1 Å². The van der Waals surface area contributed by atoms with Gasteiger partial charge in [0.2, 0.25) is 5.91 Å². The first-order valence-electron chi connectivity index (χ1n) is 12.4. The van der Waals surface area contributed by atoms with Crippen LogP contribution in [0.4, 0.5) is 0 Å². The second kappa shape index (κ2) is 14.2. The normalized spacial score (nSPS) is 10.7. The second-order valence-electron chi connectivity index (χ2n) is 8.85. The minimum Gasteiger partial charge on any atom is -0.493 e. The lowest BCUT2D eigenvalue weighted by molar-refractivity contribution is -0.132. The summed E-state index contributed by atoms with van der Waals surface area (Å²) in [4.78, 5) is 32.8. The molecule has 0 aliphatic carbocycles. The number of nitrogens with zero attached hydrogens (tertiary/aromatic N) is 2. The van der Waals surface area contributed by atoms with Crippen molar-refractivity contribution in [2.45, 2.75) is 39.7 Å². The van der Waals surface area contributed by atoms with E-state index < -0.39 is 0 Å². The number of unbranched alkanes of at least 4 members (excludes halogenated alkanes) is 1. The molecule has 0 spiro atoms. The van der Waals surface area contributed by atoms with Crippen LogP contribution in [0.3, 0.4) is 0 Å². The number of hydrogen-bond acceptors (Lipinski definition) is 5. The highest BCUT2D eigenvalue weighted by atomic mass is 79.9. The van der Waals surface area contributed by atoms with Crippen molar-refractivity contribution < 1.29 is 19.1 Å². The fraction of sp³-hybridized carbons (Fsp3) is 0.379. The third-order valence-electron chi connectivity index (χ3n) is 6.10. The molecule has 1 aromatic heterocycles. The molecule has 0 aliphatic rings. The van der Waals surface area contributed by atoms with E-state index >= 15 is 0 Å². The highest BCUT2D eigenvalue weighted by Crippen LogP contribution is 2.28. The Morgan fingerprint density at radius 1 is 0.919 bits per heavy atom. The number of methoxy groups -OCH3 is 2. The molecule has 1 heterocycles. The van der Waals surface area contributed by atoms with Gasteiger partial charge in [0.1, 0.15) is 6.54 Å². The van der Waals surface area contributed by atoms with Crippen LogP contribution in [-0.2, 0) is 17.8 Å². The number of ether oxygens (including phenoxy) is 2. The Labute approximate surface area is 232 Å². The molecule has 3 aromatic rings. The van der Waals surface area contributed by atoms with Crippen LogP contribution >= 0.6 is 27.3 Å². The van der Waals surface area contributed by atoms with Gasteiger partial charge in [0, 0.05) is 32.9 Å². The van der Waals surface area contributed by atoms with Gasteiger partial charge in [0.05, 0.1) is 20.8 Å². The summed E-state index contributed by atoms with van der Waals surface area (Å²) in [5, 5.41) is 0. The van der Waals surface area contributed by atoms with E-state index in [1.54, 1.807) is 42.6 Å². The number of rotatable bonds is 13. The molecule has 2 aromatic carbocycles. The molecule has 0 fully saturated rings. The fourth-order valence-corrected chi connectivity index (χ4v) is 5.16. The zero-order valence-electron chi connectivity index (χ0n) is 22.0. The fourth-order valence-electron chi connectivity index (χ4n) is 3.99. The van der Waals surface area contributed by atoms with Crippen LogP contribution in [0, 0.1) is 6.92 Å². The molecule has 0 N–H and O–H groups in total. The summed E-state index contributed by atoms with van der Waals surface area (Å²) >= 11 is 5.11. The number of carbonyl (C=O) groups is 2. The Morgan fingerprint density at radius 2 is 1.65 bits per heavy atom. The molecular weight excluding hydrogens is 552 g/mol. The van der Waals surface area contributed by atoms with E-state index in [0.29, 0.717) is 43.1 Å². The zero-order chi connectivity index (χ0) is 26.8. The van der Waals surface area contributed by atoms with Gasteiger partial charge < -0.3 is 19.3 Å². The summed E-state index contributed by atoms with van der Waals surface area (Å²) in [6.45, 7) is 5.77. The Balaban J connectivity index is 1.78. The van der Waals surface area contributed by atoms with Gasteiger partial charge in [-0.15, -0.1) is 11.3 Å². The SMILES string of the molecule is CCCCN(CC(=O)N(CCc1ccc(OC)c(OC)c1)Cc1ccc(C)s1)C(=O)c1ccc(Br)cc1. The molecule has 0 radical (unpaired) electrons. The van der Waals surface area contributed by atoms with Gasteiger partial charge in [-0.3, -0.25) is 9.59 Å². The summed E-state index contributed by atoms with van der Waals surface area (Å²) < 4.78 is 11.7. The quantitative estimate of drug-likeness (QED) is 0.234. The number of hydrogen-bond donors (Lipinski definition) is 0. The highest BCUT2D eigenvalue weighted by Gasteiger charge is 2.23. The number of carbonyl (C=O) groups excluding carboxylic acids is 2. The van der Waals surface area contributed by atoms with Crippen molar-refractivity contribution in [2.24, 2.45) is 0 Å². The molecule has 37 heavy (non-hydrogen) atoms. The number of benzene rings is 2. The lowest BCUT2D eigenvalue weighted by Gasteiger charge is -2.28. The van der Waals surface area contributed by atoms with E-state index in [9.17, 15) is 9.59 Å². The molecule has 0 atom stereocenters. The molecule has 198 valence electrons. The molecule has 6 nitrogen and oxygen atoms in total. The van der Waals surface area contributed by atoms with Crippen LogP contribution in [-0.4, -0.2) is 55.5 Å². The maximum absolute atomic E-state index is 13.6. The van der Waals surface area contributed by atoms with Crippen molar-refractivity contribution >= 4 is 39.1 Å². The average Bonchev–Trinajstić information content (AvgIpc) is 3.32. The van der Waals surface area contributed by atoms with Gasteiger partial charge in [-0.05, 0) is 73.9 Å². The molecule has 0 saturated heterocycles. The number of thiophene rings is 1. The first-order valence-corrected chi connectivity index (χ1v) is 14.0. The Kier molecular flexibility index (Phi) is 11.0. The monoisotopic (exact) mass is 586 g/mol. The van der Waals surface area contributed by atoms with Crippen molar-refractivity contribution in [1.29, 1.82) is 0 Å². The third kappa shape index (κ3) is 8.33. The summed E-state index contributed by atoms with van der Waals surface area (Å²) in [5.74, 6) is 1.15. The van der Waals surface area contributed by atoms with Crippen LogP contribution in [0.2, 0.25) is 0 Å². The molecule has 0 aliphatic heterocycles. The number of aryl methyl sites for hydroxylation is 1. The average molecular weight is 588 g/mol. The van der Waals surface area contributed by atoms with Crippen LogP contribution < -0.4 is 9.47 Å². The molecule has 0 unspecified atom stereocenters. The van der Waals surface area contributed by atoms with Crippen molar-refractivity contribution in [3.8, 4) is 11.5 Å². The van der Waals surface area contributed by atoms with E-state index in [1.165, 1.54) is 4.88 Å². The second-order valence-corrected chi connectivity index (χ2v) is 11.1. The van der Waals surface area contributed by atoms with Crippen molar-refractivity contribution in [3.05, 3.63) is 80.0 Å². The summed E-state index contributed by atoms with van der Waals surface area (Å²) in [5.41, 5.74) is 1.63. The van der Waals surface area contributed by atoms with Crippen LogP contribution in [0.25, 0.3) is 0 Å². The summed E-state index contributed by atoms with van der Waals surface area (Å²) in [7, 11) is 3.23. The van der Waals surface area contributed by atoms with Crippen molar-refractivity contribution in [1.82, 2.24) is 9.80 Å². The molecule has 2 amide bonds. The summed E-state index contributed by atoms with van der Waals surface area (Å²) in [6, 6.07) is 17.2. The van der Waals surface area contributed by atoms with E-state index in [0.717, 1.165) is 27.8 Å². The predicted molar refractivity (Wildman–Crippen MR) is 153 cm³/mol. The van der Waals surface area contributed by atoms with Crippen molar-refractivity contribution in [3.63, 3.8) is 0 Å². The number of amides is 2. The van der Waals surface area contributed by atoms with E-state index in [2.05, 4.69) is 41.9 Å². The zero-order valence-corrected chi connectivity index (χ0v) is 24.4. The Bertz CT molecular complexity index is 1180. The first-order chi connectivity index (χ1) is 17.8. The van der Waals surface area contributed by atoms with E-state index in [1.807, 2.05) is 35.2 Å². The predicted octanol–water partition coefficient (Wildman–Crippen LogP) is 6.35. The summed E-state index contributed by atoms with van der Waals surface area (Å²) in [6.07, 6.45) is 2.44. The van der Waals surface area contributed by atoms with Gasteiger partial charge in [0.25, 0.3) is 5.91 Å². The van der Waals surface area contributed by atoms with Crippen LogP contribution in [0.1, 0.15) is 45.4 Å². The van der Waals surface area contributed by atoms with Gasteiger partial charge in [0.15, 0.2) is 11.5 Å². The largest absolute Gasteiger partial charge is 0.493 e. The van der Waals surface area contributed by atoms with Crippen LogP contribution in [0.15, 0.2) is 59.1 Å². The highest BCUT2D eigenvalue weighted by molar-refractivity contribution is 9.10. The molecule has 3 rings (SSSR count). The number of halogens is 1. The first kappa shape index (κ1) is 28.7. The van der Waals surface area contributed by atoms with Gasteiger partial charge in [-0.2, -0.15) is 0 Å². The molecule has 0 saturated carbocycles. The molecule has 0 bridgehead atoms. The van der Waals surface area contributed by atoms with Gasteiger partial charge in [-0.1, -0.05) is 35.3 Å². The van der Waals surface area contributed by atoms with Crippen LogP contribution in [0.5, 0.6) is 11.5 Å². The minimum absolute atomic E-state index is 0.0468. The minimum atomic E-state index is -0.124. The van der Waals surface area contributed by atoms with Gasteiger partial charge in [-0.25, -0.2) is 0 Å². The van der Waals surface area contributed by atoms with E-state index in [4.69, 9.17) is 9.47 Å². The standard InChI is InChI=1S/C29H35BrN2O4S/c1-5-6-16-32(29(34)23-9-11-24(30)12-10-23)20-28(33)31(19-25-13-7-21(2)37-25)17-15-22-8-14-26(35-3)27(18-22)36-4/h7-14,18H,5-6,15-17,19-20H2,1-4H3. The lowest BCUT2D eigenvalue weighted by atomic mass is 10.1. The van der Waals surface area contributed by atoms with Gasteiger partial charge >= 0.3 is 0 Å². The van der Waals surface area contributed by atoms with E-state index in [-0.39, 0.29) is 18.4 Å². The molecular formula is C29H35BrN2O4S. The maximum atomic E-state index is 13.6. The molecule has 8 heteroatoms. The maximum Gasteiger partial charge on any atom is 0.254 e. The smallest absolute Gasteiger partial charge is 0.254 e. The lowest BCUT2D eigenvalue weighted by Crippen LogP contribution is -2.43. The Hall–Kier alpha value is -2.84. The Morgan fingerprint density at radius 3 is 2.27 bits per heavy atom. The third-order valence-corrected chi connectivity index (χ3v) is 7.61. The van der Waals surface area contributed by atoms with Crippen molar-refractivity contribution in [2.75, 3.05) is 33.9 Å².